The van der Waals surface area contributed by atoms with Gasteiger partial charge in [-0.25, -0.2) is 0 Å². The van der Waals surface area contributed by atoms with E-state index in [2.05, 4.69) is 133 Å². The van der Waals surface area contributed by atoms with Crippen molar-refractivity contribution in [2.24, 2.45) is 0 Å². The molecular weight excluding hydrogens is 520 g/mol. The molecule has 0 aliphatic heterocycles. The molecular formula is C42H28O. The van der Waals surface area contributed by atoms with Crippen LogP contribution in [0.3, 0.4) is 0 Å². The predicted molar refractivity (Wildman–Crippen MR) is 183 cm³/mol. The van der Waals surface area contributed by atoms with Gasteiger partial charge in [0.05, 0.1) is 0 Å². The molecule has 0 radical (unpaired) electrons. The third-order valence-corrected chi connectivity index (χ3v) is 9.19. The van der Waals surface area contributed by atoms with Crippen molar-refractivity contribution in [3.8, 4) is 11.1 Å². The monoisotopic (exact) mass is 548 g/mol. The van der Waals surface area contributed by atoms with Crippen molar-refractivity contribution in [1.82, 2.24) is 0 Å². The van der Waals surface area contributed by atoms with Crippen molar-refractivity contribution < 1.29 is 4.42 Å². The lowest BCUT2D eigenvalue weighted by molar-refractivity contribution is 0.669. The van der Waals surface area contributed by atoms with Crippen LogP contribution in [0.1, 0.15) is 24.0 Å². The van der Waals surface area contributed by atoms with E-state index in [4.69, 9.17) is 4.42 Å². The molecule has 0 N–H and O–H groups in total. The lowest BCUT2D eigenvalue weighted by Gasteiger charge is -2.21. The molecule has 1 nitrogen and oxygen atoms in total. The van der Waals surface area contributed by atoms with Crippen LogP contribution < -0.4 is 0 Å². The van der Waals surface area contributed by atoms with E-state index in [1.54, 1.807) is 0 Å². The Morgan fingerprint density at radius 3 is 1.65 bits per heavy atom. The van der Waals surface area contributed by atoms with Crippen LogP contribution in [0.5, 0.6) is 0 Å². The van der Waals surface area contributed by atoms with E-state index in [1.807, 2.05) is 12.1 Å². The molecule has 1 heterocycles. The van der Waals surface area contributed by atoms with Crippen LogP contribution in [0.2, 0.25) is 0 Å². The zero-order valence-electron chi connectivity index (χ0n) is 23.7. The van der Waals surface area contributed by atoms with Crippen molar-refractivity contribution in [2.45, 2.75) is 12.8 Å². The van der Waals surface area contributed by atoms with Crippen molar-refractivity contribution in [3.05, 3.63) is 157 Å². The SMILES string of the molecule is C1=C(c2ccc3ccccc3c2)CCC(c2c3ccccc3c(-c3ccc4c(c3)oc3ccccc34)c3ccccc23)=C1. The summed E-state index contributed by atoms with van der Waals surface area (Å²) < 4.78 is 6.31. The molecule has 0 spiro atoms. The number of benzene rings is 7. The van der Waals surface area contributed by atoms with Gasteiger partial charge >= 0.3 is 0 Å². The number of rotatable bonds is 3. The first-order chi connectivity index (χ1) is 21.3. The molecule has 1 heteroatoms. The van der Waals surface area contributed by atoms with Crippen LogP contribution in [0.4, 0.5) is 0 Å². The summed E-state index contributed by atoms with van der Waals surface area (Å²) in [4.78, 5) is 0. The molecule has 7 aromatic carbocycles. The normalized spacial score (nSPS) is 13.7. The number of furan rings is 1. The summed E-state index contributed by atoms with van der Waals surface area (Å²) >= 11 is 0. The Hall–Kier alpha value is -5.40. The van der Waals surface area contributed by atoms with Gasteiger partial charge in [-0.15, -0.1) is 0 Å². The summed E-state index contributed by atoms with van der Waals surface area (Å²) in [7, 11) is 0. The van der Waals surface area contributed by atoms with Gasteiger partial charge in [0, 0.05) is 10.8 Å². The summed E-state index contributed by atoms with van der Waals surface area (Å²) in [6.45, 7) is 0. The predicted octanol–water partition coefficient (Wildman–Crippen LogP) is 12.0. The highest BCUT2D eigenvalue weighted by Crippen LogP contribution is 2.45. The zero-order chi connectivity index (χ0) is 28.3. The first-order valence-electron chi connectivity index (χ1n) is 15.1. The second-order valence-corrected chi connectivity index (χ2v) is 11.6. The quantitative estimate of drug-likeness (QED) is 0.200. The Kier molecular flexibility index (Phi) is 5.39. The van der Waals surface area contributed by atoms with E-state index in [0.29, 0.717) is 0 Å². The van der Waals surface area contributed by atoms with E-state index in [-0.39, 0.29) is 0 Å². The van der Waals surface area contributed by atoms with Gasteiger partial charge in [-0.2, -0.15) is 0 Å². The summed E-state index contributed by atoms with van der Waals surface area (Å²) in [6.07, 6.45) is 6.74. The maximum Gasteiger partial charge on any atom is 0.136 e. The summed E-state index contributed by atoms with van der Waals surface area (Å²) in [5.74, 6) is 0. The maximum absolute atomic E-state index is 6.31. The number of fused-ring (bicyclic) bond motifs is 6. The molecule has 9 rings (SSSR count). The fourth-order valence-electron chi connectivity index (χ4n) is 7.14. The van der Waals surface area contributed by atoms with Crippen molar-refractivity contribution in [1.29, 1.82) is 0 Å². The number of hydrogen-bond donors (Lipinski definition) is 0. The molecule has 43 heavy (non-hydrogen) atoms. The number of hydrogen-bond acceptors (Lipinski definition) is 1. The molecule has 0 saturated heterocycles. The summed E-state index contributed by atoms with van der Waals surface area (Å²) in [5, 5.41) is 10.1. The van der Waals surface area contributed by atoms with Crippen LogP contribution in [-0.2, 0) is 0 Å². The molecule has 0 unspecified atom stereocenters. The zero-order valence-corrected chi connectivity index (χ0v) is 23.7. The topological polar surface area (TPSA) is 13.1 Å². The van der Waals surface area contributed by atoms with Crippen molar-refractivity contribution >= 4 is 65.4 Å². The Labute approximate surface area is 250 Å². The standard InChI is InChI=1S/C42H28O/c1-2-10-30-25-31(22-19-27(30)9-1)28-17-20-29(21-18-28)41-35-12-3-5-14-37(35)42(38-15-6-4-13-36(38)41)32-23-24-34-33-11-7-8-16-39(33)43-40(34)26-32/h1-17,19-20,22-26H,18,21H2. The smallest absolute Gasteiger partial charge is 0.136 e. The van der Waals surface area contributed by atoms with Crippen LogP contribution in [0.25, 0.3) is 76.5 Å². The van der Waals surface area contributed by atoms with E-state index in [1.165, 1.54) is 65.7 Å². The molecule has 1 aliphatic rings. The fourth-order valence-corrected chi connectivity index (χ4v) is 7.14. The summed E-state index contributed by atoms with van der Waals surface area (Å²) in [5.41, 5.74) is 9.78. The molecule has 1 aliphatic carbocycles. The molecule has 0 saturated carbocycles. The lowest BCUT2D eigenvalue weighted by Crippen LogP contribution is -1.97. The Balaban J connectivity index is 1.23. The fraction of sp³-hybridized carbons (Fsp3) is 0.0476. The van der Waals surface area contributed by atoms with Gasteiger partial charge in [0.2, 0.25) is 0 Å². The van der Waals surface area contributed by atoms with Crippen LogP contribution in [0.15, 0.2) is 150 Å². The molecule has 202 valence electrons. The minimum absolute atomic E-state index is 0.928. The Bertz CT molecular complexity index is 2390. The van der Waals surface area contributed by atoms with Crippen molar-refractivity contribution in [2.75, 3.05) is 0 Å². The number of allylic oxidation sites excluding steroid dienone is 4. The van der Waals surface area contributed by atoms with Crippen LogP contribution in [0, 0.1) is 0 Å². The molecule has 8 aromatic rings. The van der Waals surface area contributed by atoms with E-state index in [0.717, 1.165) is 34.8 Å². The highest BCUT2D eigenvalue weighted by atomic mass is 16.3. The van der Waals surface area contributed by atoms with Crippen molar-refractivity contribution in [3.63, 3.8) is 0 Å². The molecule has 0 fully saturated rings. The third kappa shape index (κ3) is 3.86. The second-order valence-electron chi connectivity index (χ2n) is 11.6. The minimum Gasteiger partial charge on any atom is -0.456 e. The average molecular weight is 549 g/mol. The first-order valence-corrected chi connectivity index (χ1v) is 15.1. The largest absolute Gasteiger partial charge is 0.456 e. The average Bonchev–Trinajstić information content (AvgIpc) is 3.45. The van der Waals surface area contributed by atoms with Crippen LogP contribution >= 0.6 is 0 Å². The lowest BCUT2D eigenvalue weighted by atomic mass is 9.82. The highest BCUT2D eigenvalue weighted by Gasteiger charge is 2.20. The van der Waals surface area contributed by atoms with Gasteiger partial charge in [-0.05, 0) is 103 Å². The molecule has 0 bridgehead atoms. The molecule has 0 amide bonds. The first kappa shape index (κ1) is 24.2. The van der Waals surface area contributed by atoms with E-state index < -0.39 is 0 Å². The highest BCUT2D eigenvalue weighted by molar-refractivity contribution is 6.19. The van der Waals surface area contributed by atoms with Gasteiger partial charge < -0.3 is 4.42 Å². The maximum atomic E-state index is 6.31. The van der Waals surface area contributed by atoms with Crippen LogP contribution in [-0.4, -0.2) is 0 Å². The Morgan fingerprint density at radius 1 is 0.372 bits per heavy atom. The van der Waals surface area contributed by atoms with E-state index in [9.17, 15) is 0 Å². The van der Waals surface area contributed by atoms with Gasteiger partial charge in [0.15, 0.2) is 0 Å². The van der Waals surface area contributed by atoms with Gasteiger partial charge in [-0.3, -0.25) is 0 Å². The van der Waals surface area contributed by atoms with E-state index >= 15 is 0 Å². The van der Waals surface area contributed by atoms with Gasteiger partial charge in [0.25, 0.3) is 0 Å². The van der Waals surface area contributed by atoms with Gasteiger partial charge in [0.1, 0.15) is 11.2 Å². The minimum atomic E-state index is 0.928. The molecule has 1 aromatic heterocycles. The molecule has 0 atom stereocenters. The Morgan fingerprint density at radius 2 is 0.930 bits per heavy atom. The number of para-hydroxylation sites is 1. The van der Waals surface area contributed by atoms with Gasteiger partial charge in [-0.1, -0.05) is 121 Å². The third-order valence-electron chi connectivity index (χ3n) is 9.19. The summed E-state index contributed by atoms with van der Waals surface area (Å²) in [6, 6.07) is 48.3. The second kappa shape index (κ2) is 9.58.